The quantitative estimate of drug-likeness (QED) is 0.534. The number of allylic oxidation sites excluding steroid dienone is 1. The van der Waals surface area contributed by atoms with Crippen LogP contribution < -0.4 is 10.6 Å². The Labute approximate surface area is 207 Å². The average molecular weight is 478 g/mol. The Morgan fingerprint density at radius 1 is 1.11 bits per heavy atom. The average Bonchev–Trinajstić information content (AvgIpc) is 2.78. The zero-order chi connectivity index (χ0) is 25.9. The van der Waals surface area contributed by atoms with E-state index in [2.05, 4.69) is 31.4 Å². The van der Waals surface area contributed by atoms with Crippen LogP contribution in [0.5, 0.6) is 0 Å². The normalized spacial score (nSPS) is 16.3. The minimum absolute atomic E-state index is 0.00119. The van der Waals surface area contributed by atoms with Crippen LogP contribution in [0.15, 0.2) is 59.8 Å². The smallest absolute Gasteiger partial charge is 0.338 e. The van der Waals surface area contributed by atoms with Gasteiger partial charge in [-0.05, 0) is 68.5 Å². The zero-order valence-corrected chi connectivity index (χ0v) is 21.6. The van der Waals surface area contributed by atoms with Crippen LogP contribution in [0, 0.1) is 0 Å². The Bertz CT molecular complexity index is 1140. The molecule has 2 aromatic rings. The van der Waals surface area contributed by atoms with Gasteiger partial charge in [-0.25, -0.2) is 9.59 Å². The molecular formula is C28H35N3O4. The summed E-state index contributed by atoms with van der Waals surface area (Å²) in [6, 6.07) is 13.7. The summed E-state index contributed by atoms with van der Waals surface area (Å²) in [7, 11) is 0. The predicted molar refractivity (Wildman–Crippen MR) is 137 cm³/mol. The van der Waals surface area contributed by atoms with Gasteiger partial charge in [0.2, 0.25) is 0 Å². The molecule has 186 valence electrons. The molecule has 3 amide bonds. The Morgan fingerprint density at radius 2 is 1.77 bits per heavy atom. The first-order valence-corrected chi connectivity index (χ1v) is 11.9. The van der Waals surface area contributed by atoms with Crippen LogP contribution in [0.25, 0.3) is 0 Å². The highest BCUT2D eigenvalue weighted by Gasteiger charge is 2.36. The first-order chi connectivity index (χ1) is 16.4. The van der Waals surface area contributed by atoms with Gasteiger partial charge in [-0.2, -0.15) is 0 Å². The highest BCUT2D eigenvalue weighted by molar-refractivity contribution is 6.04. The van der Waals surface area contributed by atoms with Crippen LogP contribution in [-0.2, 0) is 14.9 Å². The molecule has 0 unspecified atom stereocenters. The van der Waals surface area contributed by atoms with Gasteiger partial charge in [-0.15, -0.1) is 0 Å². The molecule has 35 heavy (non-hydrogen) atoms. The number of anilines is 1. The molecule has 0 fully saturated rings. The second-order valence-corrected chi connectivity index (χ2v) is 9.99. The first-order valence-electron chi connectivity index (χ1n) is 11.9. The summed E-state index contributed by atoms with van der Waals surface area (Å²) in [5.41, 5.74) is 3.86. The fourth-order valence-corrected chi connectivity index (χ4v) is 4.07. The molecule has 3 rings (SSSR count). The van der Waals surface area contributed by atoms with Crippen molar-refractivity contribution < 1.29 is 19.1 Å². The number of urea groups is 1. The lowest BCUT2D eigenvalue weighted by molar-refractivity contribution is -0.143. The number of rotatable bonds is 6. The summed E-state index contributed by atoms with van der Waals surface area (Å²) in [6.07, 6.45) is -0.300. The van der Waals surface area contributed by atoms with E-state index in [0.29, 0.717) is 34.6 Å². The maximum atomic E-state index is 13.0. The van der Waals surface area contributed by atoms with Crippen molar-refractivity contribution in [3.8, 4) is 0 Å². The minimum atomic E-state index is -0.695. The maximum Gasteiger partial charge on any atom is 0.338 e. The van der Waals surface area contributed by atoms with E-state index >= 15 is 0 Å². The van der Waals surface area contributed by atoms with Gasteiger partial charge < -0.3 is 15.4 Å². The van der Waals surface area contributed by atoms with E-state index < -0.39 is 12.0 Å². The van der Waals surface area contributed by atoms with Crippen LogP contribution in [0.3, 0.4) is 0 Å². The van der Waals surface area contributed by atoms with Crippen molar-refractivity contribution >= 4 is 23.6 Å². The van der Waals surface area contributed by atoms with E-state index in [1.807, 2.05) is 37.3 Å². The molecule has 0 radical (unpaired) electrons. The molecule has 0 bridgehead atoms. The largest absolute Gasteiger partial charge is 0.459 e. The van der Waals surface area contributed by atoms with Crippen molar-refractivity contribution in [2.75, 3.05) is 11.9 Å². The highest BCUT2D eigenvalue weighted by Crippen LogP contribution is 2.32. The summed E-state index contributed by atoms with van der Waals surface area (Å²) >= 11 is 0. The lowest BCUT2D eigenvalue weighted by atomic mass is 9.86. The molecular weight excluding hydrogens is 442 g/mol. The van der Waals surface area contributed by atoms with Crippen molar-refractivity contribution in [2.24, 2.45) is 0 Å². The van der Waals surface area contributed by atoms with Crippen LogP contribution in [0.2, 0.25) is 0 Å². The number of nitrogens with one attached hydrogen (secondary N) is 2. The van der Waals surface area contributed by atoms with Gasteiger partial charge in [-0.3, -0.25) is 9.69 Å². The van der Waals surface area contributed by atoms with Crippen molar-refractivity contribution in [3.63, 3.8) is 0 Å². The number of carbonyl (C=O) groups is 3. The Kier molecular flexibility index (Phi) is 7.68. The van der Waals surface area contributed by atoms with Gasteiger partial charge in [0.15, 0.2) is 0 Å². The molecule has 1 aliphatic rings. The van der Waals surface area contributed by atoms with Gasteiger partial charge >= 0.3 is 12.0 Å². The van der Waals surface area contributed by atoms with Crippen LogP contribution in [-0.4, -0.2) is 35.5 Å². The van der Waals surface area contributed by atoms with E-state index in [1.54, 1.807) is 39.0 Å². The molecule has 0 aliphatic carbocycles. The number of hydrogen-bond donors (Lipinski definition) is 2. The van der Waals surface area contributed by atoms with Crippen LogP contribution in [0.1, 0.15) is 76.0 Å². The Balaban J connectivity index is 1.90. The lowest BCUT2D eigenvalue weighted by Crippen LogP contribution is -2.48. The maximum absolute atomic E-state index is 13.0. The molecule has 2 N–H and O–H groups in total. The molecule has 0 aromatic heterocycles. The summed E-state index contributed by atoms with van der Waals surface area (Å²) in [5.74, 6) is -0.715. The van der Waals surface area contributed by atoms with E-state index in [0.717, 1.165) is 5.56 Å². The number of benzene rings is 2. The minimum Gasteiger partial charge on any atom is -0.459 e. The SMILES string of the molecule is CCN1C(=O)N[C@H](c2cccc(NC(=O)c3ccc(C(C)(C)C)cc3)c2)C(C(=O)OC(C)C)=C1C. The van der Waals surface area contributed by atoms with E-state index in [4.69, 9.17) is 4.74 Å². The third-order valence-corrected chi connectivity index (χ3v) is 5.97. The monoisotopic (exact) mass is 477 g/mol. The lowest BCUT2D eigenvalue weighted by Gasteiger charge is -2.35. The molecule has 0 saturated carbocycles. The van der Waals surface area contributed by atoms with Gasteiger partial charge in [0.25, 0.3) is 5.91 Å². The van der Waals surface area contributed by atoms with Crippen LogP contribution in [0.4, 0.5) is 10.5 Å². The number of esters is 1. The number of amides is 3. The van der Waals surface area contributed by atoms with E-state index in [9.17, 15) is 14.4 Å². The molecule has 0 spiro atoms. The molecule has 7 nitrogen and oxygen atoms in total. The topological polar surface area (TPSA) is 87.7 Å². The van der Waals surface area contributed by atoms with Gasteiger partial charge in [-0.1, -0.05) is 45.0 Å². The fourth-order valence-electron chi connectivity index (χ4n) is 4.07. The third kappa shape index (κ3) is 5.91. The van der Waals surface area contributed by atoms with Crippen molar-refractivity contribution in [1.29, 1.82) is 0 Å². The Hall–Kier alpha value is -3.61. The van der Waals surface area contributed by atoms with Crippen molar-refractivity contribution in [3.05, 3.63) is 76.5 Å². The third-order valence-electron chi connectivity index (χ3n) is 5.97. The number of ether oxygens (including phenoxy) is 1. The number of nitrogens with zero attached hydrogens (tertiary/aromatic N) is 1. The molecule has 0 saturated heterocycles. The summed E-state index contributed by atoms with van der Waals surface area (Å²) in [4.78, 5) is 40.1. The van der Waals surface area contributed by atoms with Crippen molar-refractivity contribution in [2.45, 2.75) is 66.0 Å². The second kappa shape index (κ2) is 10.3. The Morgan fingerprint density at radius 3 is 2.34 bits per heavy atom. The van der Waals surface area contributed by atoms with Gasteiger partial charge in [0, 0.05) is 23.5 Å². The van der Waals surface area contributed by atoms with Crippen LogP contribution >= 0.6 is 0 Å². The van der Waals surface area contributed by atoms with Crippen molar-refractivity contribution in [1.82, 2.24) is 10.2 Å². The van der Waals surface area contributed by atoms with Gasteiger partial charge in [0.05, 0.1) is 17.7 Å². The van der Waals surface area contributed by atoms with E-state index in [-0.39, 0.29) is 23.5 Å². The standard InChI is InChI=1S/C28H35N3O4/c1-8-31-18(4)23(26(33)35-17(2)3)24(30-27(31)34)20-10-9-11-22(16-20)29-25(32)19-12-14-21(15-13-19)28(5,6)7/h9-17,24H,8H2,1-7H3,(H,29,32)(H,30,34)/t24-/m1/s1. The van der Waals surface area contributed by atoms with Gasteiger partial charge in [0.1, 0.15) is 0 Å². The number of hydrogen-bond acceptors (Lipinski definition) is 4. The number of carbonyl (C=O) groups excluding carboxylic acids is 3. The second-order valence-electron chi connectivity index (χ2n) is 9.99. The molecule has 2 aromatic carbocycles. The highest BCUT2D eigenvalue weighted by atomic mass is 16.5. The fraction of sp³-hybridized carbons (Fsp3) is 0.393. The summed E-state index contributed by atoms with van der Waals surface area (Å²) in [6.45, 7) is 14.0. The summed E-state index contributed by atoms with van der Waals surface area (Å²) < 4.78 is 5.48. The van der Waals surface area contributed by atoms with E-state index in [1.165, 1.54) is 4.90 Å². The zero-order valence-electron chi connectivity index (χ0n) is 21.6. The predicted octanol–water partition coefficient (Wildman–Crippen LogP) is 5.55. The molecule has 1 heterocycles. The molecule has 1 atom stereocenters. The molecule has 7 heteroatoms. The first kappa shape index (κ1) is 26.0. The molecule has 1 aliphatic heterocycles. The summed E-state index contributed by atoms with van der Waals surface area (Å²) in [5, 5.41) is 5.84.